The van der Waals surface area contributed by atoms with Crippen molar-refractivity contribution in [3.63, 3.8) is 0 Å². The lowest BCUT2D eigenvalue weighted by Gasteiger charge is -2.21. The number of phosphoric acid groups is 2. The molecule has 17 nitrogen and oxygen atoms in total. The van der Waals surface area contributed by atoms with Crippen molar-refractivity contribution < 1.29 is 80.2 Å². The van der Waals surface area contributed by atoms with Gasteiger partial charge in [0.15, 0.2) is 12.2 Å². The molecule has 5 atom stereocenters. The molecule has 0 amide bonds. The molecule has 0 aliphatic heterocycles. The number of phosphoric ester groups is 2. The van der Waals surface area contributed by atoms with Crippen LogP contribution in [0, 0.1) is 5.92 Å². The molecule has 0 heterocycles. The zero-order valence-corrected chi connectivity index (χ0v) is 68.5. The summed E-state index contributed by atoms with van der Waals surface area (Å²) in [7, 11) is -9.92. The van der Waals surface area contributed by atoms with E-state index in [4.69, 9.17) is 37.0 Å². The summed E-state index contributed by atoms with van der Waals surface area (Å²) in [6.07, 6.45) is 68.2. The minimum atomic E-state index is -4.96. The van der Waals surface area contributed by atoms with Crippen molar-refractivity contribution >= 4 is 39.5 Å². The second-order valence-electron chi connectivity index (χ2n) is 30.3. The molecule has 0 aliphatic carbocycles. The maximum absolute atomic E-state index is 13.1. The van der Waals surface area contributed by atoms with Gasteiger partial charge in [-0.1, -0.05) is 394 Å². The maximum atomic E-state index is 13.1. The van der Waals surface area contributed by atoms with E-state index in [2.05, 4.69) is 34.6 Å². The summed E-state index contributed by atoms with van der Waals surface area (Å²) in [6.45, 7) is 7.26. The van der Waals surface area contributed by atoms with Gasteiger partial charge in [0.05, 0.1) is 26.4 Å². The second kappa shape index (κ2) is 75.9. The predicted octanol–water partition coefficient (Wildman–Crippen LogP) is 25.2. The van der Waals surface area contributed by atoms with Crippen molar-refractivity contribution in [2.45, 2.75) is 464 Å². The number of carbonyl (C=O) groups excluding carboxylic acids is 4. The van der Waals surface area contributed by atoms with Gasteiger partial charge in [-0.15, -0.1) is 0 Å². The highest BCUT2D eigenvalue weighted by Gasteiger charge is 2.30. The van der Waals surface area contributed by atoms with Gasteiger partial charge < -0.3 is 33.8 Å². The van der Waals surface area contributed by atoms with Crippen LogP contribution >= 0.6 is 15.6 Å². The molecular formula is C83H162O17P2. The zero-order valence-electron chi connectivity index (χ0n) is 66.8. The average Bonchev–Trinajstić information content (AvgIpc) is 0.908. The summed E-state index contributed by atoms with van der Waals surface area (Å²) in [5.74, 6) is -1.43. The normalized spacial score (nSPS) is 13.8. The molecule has 19 heteroatoms. The van der Waals surface area contributed by atoms with E-state index in [1.807, 2.05) is 0 Å². The average molecular weight is 1490 g/mol. The largest absolute Gasteiger partial charge is 0.472 e. The molecule has 3 N–H and O–H groups in total. The van der Waals surface area contributed by atoms with Crippen LogP contribution in [0.25, 0.3) is 0 Å². The SMILES string of the molecule is CCCCCCCCCCCCCCCCCCCCCC(=O)OC[C@H](COP(=O)(O)OC[C@@H](O)COP(=O)(O)OC[C@@H](COC(=O)CCCCCCCCC(C)C)OC(=O)CCCCCCCCCCCCCCCCC)OC(=O)CCCCCCCCCCCCCCCCCCCCC. The van der Waals surface area contributed by atoms with Crippen LogP contribution in [0.5, 0.6) is 0 Å². The molecule has 102 heavy (non-hydrogen) atoms. The minimum Gasteiger partial charge on any atom is -0.462 e. The van der Waals surface area contributed by atoms with Crippen molar-refractivity contribution in [2.24, 2.45) is 5.92 Å². The Balaban J connectivity index is 5.21. The van der Waals surface area contributed by atoms with E-state index in [-0.39, 0.29) is 25.7 Å². The van der Waals surface area contributed by atoms with Crippen molar-refractivity contribution in [3.8, 4) is 0 Å². The van der Waals surface area contributed by atoms with Crippen LogP contribution in [-0.4, -0.2) is 96.7 Å². The summed E-state index contributed by atoms with van der Waals surface area (Å²) < 4.78 is 68.8. The first-order valence-corrected chi connectivity index (χ1v) is 46.1. The topological polar surface area (TPSA) is 237 Å². The molecule has 0 saturated heterocycles. The minimum absolute atomic E-state index is 0.108. The van der Waals surface area contributed by atoms with E-state index in [1.54, 1.807) is 0 Å². The number of ether oxygens (including phenoxy) is 4. The van der Waals surface area contributed by atoms with Gasteiger partial charge in [0.1, 0.15) is 19.3 Å². The van der Waals surface area contributed by atoms with Gasteiger partial charge in [0.2, 0.25) is 0 Å². The van der Waals surface area contributed by atoms with Crippen molar-refractivity contribution in [1.29, 1.82) is 0 Å². The summed E-state index contributed by atoms with van der Waals surface area (Å²) in [4.78, 5) is 73.1. The Morgan fingerprint density at radius 3 is 0.667 bits per heavy atom. The number of hydrogen-bond acceptors (Lipinski definition) is 15. The number of hydrogen-bond donors (Lipinski definition) is 3. The van der Waals surface area contributed by atoms with Gasteiger partial charge in [0.25, 0.3) is 0 Å². The Kier molecular flexibility index (Phi) is 74.4. The van der Waals surface area contributed by atoms with Gasteiger partial charge in [0, 0.05) is 25.7 Å². The first-order chi connectivity index (χ1) is 49.5. The number of carbonyl (C=O) groups is 4. The lowest BCUT2D eigenvalue weighted by atomic mass is 10.0. The van der Waals surface area contributed by atoms with Crippen LogP contribution in [0.2, 0.25) is 0 Å². The summed E-state index contributed by atoms with van der Waals surface area (Å²) >= 11 is 0. The molecule has 0 bridgehead atoms. The predicted molar refractivity (Wildman–Crippen MR) is 418 cm³/mol. The fourth-order valence-electron chi connectivity index (χ4n) is 12.9. The molecule has 0 fully saturated rings. The van der Waals surface area contributed by atoms with Crippen LogP contribution in [0.3, 0.4) is 0 Å². The van der Waals surface area contributed by atoms with Gasteiger partial charge in [-0.2, -0.15) is 0 Å². The van der Waals surface area contributed by atoms with E-state index in [9.17, 15) is 43.2 Å². The lowest BCUT2D eigenvalue weighted by molar-refractivity contribution is -0.161. The van der Waals surface area contributed by atoms with Crippen molar-refractivity contribution in [3.05, 3.63) is 0 Å². The summed E-state index contributed by atoms with van der Waals surface area (Å²) in [6, 6.07) is 0. The van der Waals surface area contributed by atoms with Crippen LogP contribution < -0.4 is 0 Å². The molecule has 0 radical (unpaired) electrons. The monoisotopic (exact) mass is 1490 g/mol. The molecule has 0 spiro atoms. The Morgan fingerprint density at radius 2 is 0.451 bits per heavy atom. The number of aliphatic hydroxyl groups excluding tert-OH is 1. The quantitative estimate of drug-likeness (QED) is 0.0222. The fraction of sp³-hybridized carbons (Fsp3) is 0.952. The van der Waals surface area contributed by atoms with Gasteiger partial charge in [-0.3, -0.25) is 37.3 Å². The second-order valence-corrected chi connectivity index (χ2v) is 33.3. The maximum Gasteiger partial charge on any atom is 0.472 e. The number of unbranched alkanes of at least 4 members (excludes halogenated alkanes) is 55. The Morgan fingerprint density at radius 1 is 0.265 bits per heavy atom. The van der Waals surface area contributed by atoms with Crippen LogP contribution in [-0.2, 0) is 65.4 Å². The smallest absolute Gasteiger partial charge is 0.462 e. The Bertz CT molecular complexity index is 1940. The number of aliphatic hydroxyl groups is 1. The van der Waals surface area contributed by atoms with Crippen LogP contribution in [0.4, 0.5) is 0 Å². The van der Waals surface area contributed by atoms with Crippen molar-refractivity contribution in [1.82, 2.24) is 0 Å². The molecule has 0 aliphatic rings. The number of rotatable bonds is 83. The van der Waals surface area contributed by atoms with E-state index in [1.165, 1.54) is 263 Å². The molecular weight excluding hydrogens is 1330 g/mol. The Hall–Kier alpha value is -1.94. The van der Waals surface area contributed by atoms with Gasteiger partial charge in [-0.05, 0) is 31.6 Å². The highest BCUT2D eigenvalue weighted by Crippen LogP contribution is 2.45. The highest BCUT2D eigenvalue weighted by atomic mass is 31.2. The van der Waals surface area contributed by atoms with E-state index >= 15 is 0 Å². The van der Waals surface area contributed by atoms with E-state index < -0.39 is 97.5 Å². The molecule has 606 valence electrons. The third kappa shape index (κ3) is 76.3. The standard InChI is InChI=1S/C83H162O17P2/c1-6-9-12-15-18-21-24-27-30-32-34-36-39-41-44-47-50-56-61-66-80(85)93-72-78(99-82(87)68-64-59-52-49-46-43-40-37-35-33-31-28-25-22-19-16-13-10-7-2)74-97-101(89,90)95-70-77(84)71-96-102(91,92)98-75-79(73-94-81(86)67-62-57-54-53-55-60-65-76(4)5)100-83(88)69-63-58-51-48-45-42-38-29-26-23-20-17-14-11-8-3/h76-79,84H,6-75H2,1-5H3,(H,89,90)(H,91,92)/t77-,78-,79-/m1/s1. The van der Waals surface area contributed by atoms with E-state index in [0.29, 0.717) is 31.6 Å². The zero-order chi connectivity index (χ0) is 74.8. The number of esters is 4. The highest BCUT2D eigenvalue weighted by molar-refractivity contribution is 7.47. The molecule has 0 aromatic carbocycles. The summed E-state index contributed by atoms with van der Waals surface area (Å²) in [5.41, 5.74) is 0. The molecule has 0 aromatic heterocycles. The Labute approximate surface area is 626 Å². The van der Waals surface area contributed by atoms with Crippen LogP contribution in [0.1, 0.15) is 446 Å². The van der Waals surface area contributed by atoms with E-state index in [0.717, 1.165) is 96.3 Å². The third-order valence-electron chi connectivity index (χ3n) is 19.5. The molecule has 0 saturated carbocycles. The molecule has 0 rings (SSSR count). The first-order valence-electron chi connectivity index (χ1n) is 43.1. The van der Waals surface area contributed by atoms with Crippen molar-refractivity contribution in [2.75, 3.05) is 39.6 Å². The fourth-order valence-corrected chi connectivity index (χ4v) is 14.5. The summed E-state index contributed by atoms with van der Waals surface area (Å²) in [5, 5.41) is 10.6. The third-order valence-corrected chi connectivity index (χ3v) is 21.4. The van der Waals surface area contributed by atoms with Crippen LogP contribution in [0.15, 0.2) is 0 Å². The lowest BCUT2D eigenvalue weighted by Crippen LogP contribution is -2.30. The molecule has 2 unspecified atom stereocenters. The molecule has 0 aromatic rings. The first kappa shape index (κ1) is 100. The van der Waals surface area contributed by atoms with Gasteiger partial charge >= 0.3 is 39.5 Å². The van der Waals surface area contributed by atoms with Gasteiger partial charge in [-0.25, -0.2) is 9.13 Å².